The highest BCUT2D eigenvalue weighted by molar-refractivity contribution is 7.80. The van der Waals surface area contributed by atoms with E-state index in [0.717, 1.165) is 5.84 Å². The Hall–Kier alpha value is -1.30. The number of guanidine groups is 1. The van der Waals surface area contributed by atoms with Crippen molar-refractivity contribution in [2.75, 3.05) is 14.1 Å². The summed E-state index contributed by atoms with van der Waals surface area (Å²) in [5.41, 5.74) is 0. The summed E-state index contributed by atoms with van der Waals surface area (Å²) >= 11 is 5.09. The van der Waals surface area contributed by atoms with Gasteiger partial charge in [-0.1, -0.05) is 12.2 Å². The molecule has 1 atom stereocenters. The summed E-state index contributed by atoms with van der Waals surface area (Å²) < 4.78 is 0. The first-order chi connectivity index (χ1) is 6.18. The molecule has 0 radical (unpaired) electrons. The molecule has 0 aliphatic carbocycles. The van der Waals surface area contributed by atoms with Gasteiger partial charge in [0, 0.05) is 14.1 Å². The van der Waals surface area contributed by atoms with Crippen molar-refractivity contribution in [3.63, 3.8) is 0 Å². The maximum absolute atomic E-state index is 5.09. The summed E-state index contributed by atoms with van der Waals surface area (Å²) in [6.45, 7) is 0. The van der Waals surface area contributed by atoms with E-state index in [-0.39, 0.29) is 6.04 Å². The van der Waals surface area contributed by atoms with Crippen molar-refractivity contribution >= 4 is 35.3 Å². The van der Waals surface area contributed by atoms with Gasteiger partial charge in [-0.05, 0) is 0 Å². The van der Waals surface area contributed by atoms with E-state index in [1.807, 2.05) is 19.0 Å². The van der Waals surface area contributed by atoms with Crippen LogP contribution >= 0.6 is 12.2 Å². The summed E-state index contributed by atoms with van der Waals surface area (Å²) in [4.78, 5) is 14.7. The van der Waals surface area contributed by atoms with E-state index in [4.69, 9.17) is 12.2 Å². The van der Waals surface area contributed by atoms with Crippen LogP contribution in [0.5, 0.6) is 0 Å². The first-order valence-corrected chi connectivity index (χ1v) is 4.25. The van der Waals surface area contributed by atoms with Gasteiger partial charge in [-0.3, -0.25) is 4.99 Å². The van der Waals surface area contributed by atoms with Gasteiger partial charge < -0.3 is 10.2 Å². The predicted octanol–water partition coefficient (Wildman–Crippen LogP) is -0.356. The molecule has 0 spiro atoms. The normalized spacial score (nSPS) is 24.8. The largest absolute Gasteiger partial charge is 0.348 e. The minimum Gasteiger partial charge on any atom is -0.348 e. The SMILES string of the molecule is CN(C)C1=NC(=S)C2N=CN=C2N1. The van der Waals surface area contributed by atoms with Crippen molar-refractivity contribution in [2.45, 2.75) is 6.04 Å². The number of nitrogens with one attached hydrogen (secondary N) is 1. The van der Waals surface area contributed by atoms with Crippen LogP contribution in [0.25, 0.3) is 0 Å². The number of nitrogens with zero attached hydrogens (tertiary/aromatic N) is 4. The molecule has 0 aromatic rings. The monoisotopic (exact) mass is 195 g/mol. The first-order valence-electron chi connectivity index (χ1n) is 3.84. The highest BCUT2D eigenvalue weighted by Crippen LogP contribution is 2.08. The second-order valence-electron chi connectivity index (χ2n) is 2.97. The summed E-state index contributed by atoms with van der Waals surface area (Å²) in [7, 11) is 3.79. The Bertz CT molecular complexity index is 341. The molecule has 68 valence electrons. The fraction of sp³-hybridized carbons (Fsp3) is 0.429. The molecule has 2 aliphatic rings. The minimum absolute atomic E-state index is 0.168. The summed E-state index contributed by atoms with van der Waals surface area (Å²) in [6, 6.07) is -0.168. The van der Waals surface area contributed by atoms with Gasteiger partial charge in [0.1, 0.15) is 17.2 Å². The van der Waals surface area contributed by atoms with E-state index in [1.54, 1.807) is 0 Å². The molecular weight excluding hydrogens is 186 g/mol. The summed E-state index contributed by atoms with van der Waals surface area (Å²) in [6.07, 6.45) is 1.51. The topological polar surface area (TPSA) is 52.4 Å². The molecule has 2 heterocycles. The second kappa shape index (κ2) is 2.88. The van der Waals surface area contributed by atoms with Crippen molar-refractivity contribution in [1.29, 1.82) is 0 Å². The van der Waals surface area contributed by atoms with Crippen LogP contribution in [0, 0.1) is 0 Å². The van der Waals surface area contributed by atoms with E-state index in [2.05, 4.69) is 20.3 Å². The second-order valence-corrected chi connectivity index (χ2v) is 3.39. The Kier molecular flexibility index (Phi) is 1.84. The summed E-state index contributed by atoms with van der Waals surface area (Å²) in [5.74, 6) is 1.48. The number of fused-ring (bicyclic) bond motifs is 1. The van der Waals surface area contributed by atoms with Crippen LogP contribution in [0.15, 0.2) is 15.0 Å². The van der Waals surface area contributed by atoms with Crippen molar-refractivity contribution in [2.24, 2.45) is 15.0 Å². The average Bonchev–Trinajstić information content (AvgIpc) is 2.51. The van der Waals surface area contributed by atoms with Crippen molar-refractivity contribution in [3.8, 4) is 0 Å². The fourth-order valence-electron chi connectivity index (χ4n) is 1.10. The lowest BCUT2D eigenvalue weighted by atomic mass is 10.2. The van der Waals surface area contributed by atoms with Gasteiger partial charge >= 0.3 is 0 Å². The van der Waals surface area contributed by atoms with Gasteiger partial charge in [0.2, 0.25) is 5.96 Å². The van der Waals surface area contributed by atoms with E-state index in [1.165, 1.54) is 6.34 Å². The molecular formula is C7H9N5S. The van der Waals surface area contributed by atoms with Gasteiger partial charge in [-0.25, -0.2) is 9.98 Å². The lowest BCUT2D eigenvalue weighted by molar-refractivity contribution is 0.603. The highest BCUT2D eigenvalue weighted by atomic mass is 32.1. The molecule has 1 N–H and O–H groups in total. The quantitative estimate of drug-likeness (QED) is 0.537. The Balaban J connectivity index is 2.30. The smallest absolute Gasteiger partial charge is 0.204 e. The Morgan fingerprint density at radius 1 is 1.54 bits per heavy atom. The first kappa shape index (κ1) is 8.31. The number of amidine groups is 1. The molecule has 0 saturated heterocycles. The maximum atomic E-state index is 5.09. The van der Waals surface area contributed by atoms with Crippen LogP contribution in [0.1, 0.15) is 0 Å². The van der Waals surface area contributed by atoms with E-state index in [9.17, 15) is 0 Å². The van der Waals surface area contributed by atoms with Crippen LogP contribution in [-0.2, 0) is 0 Å². The van der Waals surface area contributed by atoms with Crippen LogP contribution < -0.4 is 5.32 Å². The van der Waals surface area contributed by atoms with E-state index in [0.29, 0.717) is 10.9 Å². The van der Waals surface area contributed by atoms with Crippen LogP contribution in [0.3, 0.4) is 0 Å². The Morgan fingerprint density at radius 3 is 3.00 bits per heavy atom. The van der Waals surface area contributed by atoms with Crippen LogP contribution in [0.2, 0.25) is 0 Å². The molecule has 0 bridgehead atoms. The third-order valence-corrected chi connectivity index (χ3v) is 2.10. The molecule has 6 heteroatoms. The zero-order valence-electron chi connectivity index (χ0n) is 7.35. The van der Waals surface area contributed by atoms with Crippen LogP contribution in [0.4, 0.5) is 0 Å². The Labute approximate surface area is 81.3 Å². The zero-order valence-corrected chi connectivity index (χ0v) is 8.17. The lowest BCUT2D eigenvalue weighted by Crippen LogP contribution is -2.49. The van der Waals surface area contributed by atoms with Crippen molar-refractivity contribution < 1.29 is 0 Å². The lowest BCUT2D eigenvalue weighted by Gasteiger charge is -2.23. The Morgan fingerprint density at radius 2 is 2.31 bits per heavy atom. The van der Waals surface area contributed by atoms with Crippen molar-refractivity contribution in [1.82, 2.24) is 10.2 Å². The number of hydrogen-bond acceptors (Lipinski definition) is 5. The average molecular weight is 195 g/mol. The van der Waals surface area contributed by atoms with Gasteiger partial charge in [0.25, 0.3) is 0 Å². The molecule has 0 aromatic carbocycles. The molecule has 1 unspecified atom stereocenters. The molecule has 13 heavy (non-hydrogen) atoms. The standard InChI is InChI=1S/C7H9N5S/c1-12(2)7-10-5-4(6(13)11-7)8-3-9-5/h3-4H,1-2H3,(H,8,9,10,11,13). The maximum Gasteiger partial charge on any atom is 0.204 e. The van der Waals surface area contributed by atoms with Gasteiger partial charge in [-0.2, -0.15) is 0 Å². The molecule has 0 fully saturated rings. The van der Waals surface area contributed by atoms with Gasteiger partial charge in [0.15, 0.2) is 6.04 Å². The number of hydrogen-bond donors (Lipinski definition) is 1. The molecule has 0 saturated carbocycles. The zero-order chi connectivity index (χ0) is 9.42. The fourth-order valence-corrected chi connectivity index (χ4v) is 1.36. The number of thiocarbonyl (C=S) groups is 1. The third kappa shape index (κ3) is 1.33. The highest BCUT2D eigenvalue weighted by Gasteiger charge is 2.28. The number of rotatable bonds is 0. The van der Waals surface area contributed by atoms with E-state index < -0.39 is 0 Å². The number of aliphatic imine (C=N–C) groups is 3. The van der Waals surface area contributed by atoms with Crippen LogP contribution in [-0.4, -0.2) is 48.2 Å². The van der Waals surface area contributed by atoms with Gasteiger partial charge in [0.05, 0.1) is 0 Å². The third-order valence-electron chi connectivity index (χ3n) is 1.79. The van der Waals surface area contributed by atoms with E-state index >= 15 is 0 Å². The van der Waals surface area contributed by atoms with Crippen molar-refractivity contribution in [3.05, 3.63) is 0 Å². The predicted molar refractivity (Wildman–Crippen MR) is 56.6 cm³/mol. The molecule has 5 nitrogen and oxygen atoms in total. The molecule has 0 aromatic heterocycles. The van der Waals surface area contributed by atoms with Gasteiger partial charge in [-0.15, -0.1) is 0 Å². The minimum atomic E-state index is -0.168. The molecule has 2 rings (SSSR count). The summed E-state index contributed by atoms with van der Waals surface area (Å²) in [5, 5.41) is 3.06. The molecule has 0 amide bonds. The molecule has 2 aliphatic heterocycles.